The molecule has 10 nitrogen and oxygen atoms in total. The number of benzene rings is 1. The van der Waals surface area contributed by atoms with Crippen molar-refractivity contribution >= 4 is 29.1 Å². The molecular weight excluding hydrogens is 518 g/mol. The average Bonchev–Trinajstić information content (AvgIpc) is 2.97. The molecule has 204 valence electrons. The van der Waals surface area contributed by atoms with E-state index in [2.05, 4.69) is 50.1 Å². The van der Waals surface area contributed by atoms with Crippen LogP contribution in [0.5, 0.6) is 11.6 Å². The average molecular weight is 550 g/mol. The van der Waals surface area contributed by atoms with Crippen molar-refractivity contribution in [3.05, 3.63) is 64.9 Å². The van der Waals surface area contributed by atoms with Gasteiger partial charge in [-0.15, -0.1) is 0 Å². The highest BCUT2D eigenvalue weighted by molar-refractivity contribution is 6.33. The number of rotatable bonds is 10. The monoisotopic (exact) mass is 549 g/mol. The van der Waals surface area contributed by atoms with Crippen molar-refractivity contribution in [3.8, 4) is 17.7 Å². The highest BCUT2D eigenvalue weighted by Gasteiger charge is 2.36. The molecule has 1 aromatic carbocycles. The van der Waals surface area contributed by atoms with Gasteiger partial charge in [0.05, 0.1) is 35.7 Å². The molecule has 1 aliphatic heterocycles. The van der Waals surface area contributed by atoms with E-state index in [0.717, 1.165) is 37.5 Å². The summed E-state index contributed by atoms with van der Waals surface area (Å²) >= 11 is 6.34. The van der Waals surface area contributed by atoms with Gasteiger partial charge in [0, 0.05) is 37.0 Å². The highest BCUT2D eigenvalue weighted by atomic mass is 35.5. The summed E-state index contributed by atoms with van der Waals surface area (Å²) in [5.41, 5.74) is 2.79. The Balaban J connectivity index is 1.55. The summed E-state index contributed by atoms with van der Waals surface area (Å²) in [6, 6.07) is 6.97. The second kappa shape index (κ2) is 13.1. The maximum Gasteiger partial charge on any atom is 0.263 e. The Morgan fingerprint density at radius 3 is 2.67 bits per heavy atom. The van der Waals surface area contributed by atoms with Crippen LogP contribution in [-0.2, 0) is 6.42 Å². The van der Waals surface area contributed by atoms with E-state index in [-0.39, 0.29) is 11.8 Å². The molecule has 11 heteroatoms. The van der Waals surface area contributed by atoms with Crippen molar-refractivity contribution in [1.29, 1.82) is 5.26 Å². The Hall–Kier alpha value is -4.10. The quantitative estimate of drug-likeness (QED) is 0.307. The summed E-state index contributed by atoms with van der Waals surface area (Å²) in [5, 5.41) is 22.8. The number of aliphatic hydroxyl groups is 1. The first-order valence-corrected chi connectivity index (χ1v) is 13.3. The Bertz CT molecular complexity index is 1340. The number of aromatic nitrogens is 4. The van der Waals surface area contributed by atoms with Gasteiger partial charge >= 0.3 is 0 Å². The molecule has 2 N–H and O–H groups in total. The third kappa shape index (κ3) is 6.49. The minimum absolute atomic E-state index is 0.0181. The molecule has 0 amide bonds. The number of ether oxygens (including phenoxy) is 2. The summed E-state index contributed by atoms with van der Waals surface area (Å²) < 4.78 is 12.0. The van der Waals surface area contributed by atoms with E-state index >= 15 is 0 Å². The molecule has 0 bridgehead atoms. The molecule has 0 aliphatic carbocycles. The number of anilines is 3. The summed E-state index contributed by atoms with van der Waals surface area (Å²) in [4.78, 5) is 19.8. The van der Waals surface area contributed by atoms with Gasteiger partial charge in [-0.25, -0.2) is 15.0 Å². The third-order valence-corrected chi connectivity index (χ3v) is 6.98. The number of nitrogens with one attached hydrogen (secondary N) is 1. The van der Waals surface area contributed by atoms with Crippen LogP contribution in [0.25, 0.3) is 0 Å². The van der Waals surface area contributed by atoms with Gasteiger partial charge < -0.3 is 24.8 Å². The zero-order valence-corrected chi connectivity index (χ0v) is 23.0. The van der Waals surface area contributed by atoms with Crippen molar-refractivity contribution in [2.24, 2.45) is 5.92 Å². The van der Waals surface area contributed by atoms with Crippen molar-refractivity contribution in [2.45, 2.75) is 45.6 Å². The minimum atomic E-state index is -0.449. The SMILES string of the molecule is CCCCc1cnc(N2C/C(=C\O)C(Oc3ncnc(Nc4ccc(C#N)cc4Cl)c3OC)C(CC)C2)nc1. The third-order valence-electron chi connectivity index (χ3n) is 6.67. The van der Waals surface area contributed by atoms with Crippen molar-refractivity contribution < 1.29 is 14.6 Å². The first-order chi connectivity index (χ1) is 19.0. The number of aryl methyl sites for hydroxylation is 1. The Morgan fingerprint density at radius 1 is 1.23 bits per heavy atom. The van der Waals surface area contributed by atoms with E-state index < -0.39 is 6.10 Å². The first-order valence-electron chi connectivity index (χ1n) is 12.9. The second-order valence-corrected chi connectivity index (χ2v) is 9.69. The van der Waals surface area contributed by atoms with Gasteiger partial charge in [0.2, 0.25) is 11.7 Å². The van der Waals surface area contributed by atoms with Crippen LogP contribution in [0.4, 0.5) is 17.5 Å². The Morgan fingerprint density at radius 2 is 2.03 bits per heavy atom. The summed E-state index contributed by atoms with van der Waals surface area (Å²) in [6.07, 6.45) is 9.74. The molecule has 2 atom stereocenters. The van der Waals surface area contributed by atoms with Crippen molar-refractivity contribution in [3.63, 3.8) is 0 Å². The molecule has 0 saturated carbocycles. The lowest BCUT2D eigenvalue weighted by Gasteiger charge is -2.39. The molecule has 4 rings (SSSR count). The Labute approximate surface area is 233 Å². The smallest absolute Gasteiger partial charge is 0.263 e. The largest absolute Gasteiger partial charge is 0.515 e. The summed E-state index contributed by atoms with van der Waals surface area (Å²) in [6.45, 7) is 5.29. The van der Waals surface area contributed by atoms with Crippen molar-refractivity contribution in [2.75, 3.05) is 30.4 Å². The van der Waals surface area contributed by atoms with Crippen LogP contribution in [0.2, 0.25) is 5.02 Å². The van der Waals surface area contributed by atoms with E-state index in [0.29, 0.717) is 52.5 Å². The molecule has 1 saturated heterocycles. The molecular formula is C28H32ClN7O3. The first kappa shape index (κ1) is 27.9. The van der Waals surface area contributed by atoms with E-state index in [1.54, 1.807) is 18.2 Å². The summed E-state index contributed by atoms with van der Waals surface area (Å²) in [5.74, 6) is 1.51. The number of methoxy groups -OCH3 is 1. The predicted molar refractivity (Wildman–Crippen MR) is 150 cm³/mol. The van der Waals surface area contributed by atoms with Crippen LogP contribution < -0.4 is 19.7 Å². The number of unbranched alkanes of at least 4 members (excludes halogenated alkanes) is 1. The molecule has 1 fully saturated rings. The fraction of sp³-hybridized carbons (Fsp3) is 0.393. The van der Waals surface area contributed by atoms with Crippen LogP contribution in [-0.4, -0.2) is 51.3 Å². The fourth-order valence-corrected chi connectivity index (χ4v) is 4.74. The topological polar surface area (TPSA) is 129 Å². The fourth-order valence-electron chi connectivity index (χ4n) is 4.51. The van der Waals surface area contributed by atoms with E-state index in [1.807, 2.05) is 12.4 Å². The van der Waals surface area contributed by atoms with Crippen LogP contribution in [0, 0.1) is 17.2 Å². The lowest BCUT2D eigenvalue weighted by atomic mass is 9.89. The lowest BCUT2D eigenvalue weighted by Crippen LogP contribution is -2.48. The predicted octanol–water partition coefficient (Wildman–Crippen LogP) is 5.62. The molecule has 39 heavy (non-hydrogen) atoms. The van der Waals surface area contributed by atoms with Gasteiger partial charge in [-0.2, -0.15) is 10.2 Å². The zero-order valence-electron chi connectivity index (χ0n) is 22.3. The molecule has 0 spiro atoms. The van der Waals surface area contributed by atoms with E-state index in [9.17, 15) is 5.11 Å². The number of halogens is 1. The van der Waals surface area contributed by atoms with Crippen molar-refractivity contribution in [1.82, 2.24) is 19.9 Å². The lowest BCUT2D eigenvalue weighted by molar-refractivity contribution is 0.137. The number of hydrogen-bond acceptors (Lipinski definition) is 10. The van der Waals surface area contributed by atoms with Gasteiger partial charge in [-0.3, -0.25) is 0 Å². The van der Waals surface area contributed by atoms with Gasteiger partial charge in [-0.05, 0) is 43.0 Å². The number of aliphatic hydroxyl groups excluding tert-OH is 1. The minimum Gasteiger partial charge on any atom is -0.515 e. The van der Waals surface area contributed by atoms with Crippen LogP contribution >= 0.6 is 11.6 Å². The number of piperidine rings is 1. The maximum absolute atomic E-state index is 10.2. The number of nitriles is 1. The summed E-state index contributed by atoms with van der Waals surface area (Å²) in [7, 11) is 1.50. The Kier molecular flexibility index (Phi) is 9.39. The van der Waals surface area contributed by atoms with Crippen LogP contribution in [0.15, 0.2) is 48.8 Å². The number of hydrogen-bond donors (Lipinski definition) is 2. The molecule has 3 aromatic rings. The van der Waals surface area contributed by atoms with Crippen LogP contribution in [0.3, 0.4) is 0 Å². The standard InChI is InChI=1S/C28H32ClN7O3/c1-4-6-7-19-12-31-28(32-13-19)36-14-20(5-2)24(21(15-36)16-37)39-27-25(38-3)26(33-17-34-27)35-23-9-8-18(11-30)10-22(23)29/h8-10,12-13,16-17,20,24,37H,4-7,14-15H2,1-3H3,(H,33,34,35)/b21-16+. The van der Waals surface area contributed by atoms with E-state index in [4.69, 9.17) is 26.3 Å². The molecule has 2 aromatic heterocycles. The molecule has 1 aliphatic rings. The maximum atomic E-state index is 10.2. The molecule has 3 heterocycles. The normalized spacial score (nSPS) is 18.0. The molecule has 0 radical (unpaired) electrons. The van der Waals surface area contributed by atoms with Gasteiger partial charge in [0.15, 0.2) is 5.82 Å². The molecule has 2 unspecified atom stereocenters. The second-order valence-electron chi connectivity index (χ2n) is 9.28. The number of nitrogens with zero attached hydrogens (tertiary/aromatic N) is 6. The van der Waals surface area contributed by atoms with Gasteiger partial charge in [0.1, 0.15) is 12.4 Å². The van der Waals surface area contributed by atoms with E-state index in [1.165, 1.54) is 13.4 Å². The van der Waals surface area contributed by atoms with Gasteiger partial charge in [-0.1, -0.05) is 31.9 Å². The van der Waals surface area contributed by atoms with Crippen LogP contribution in [0.1, 0.15) is 44.2 Å². The van der Waals surface area contributed by atoms with Gasteiger partial charge in [0.25, 0.3) is 5.88 Å². The zero-order chi connectivity index (χ0) is 27.8. The highest BCUT2D eigenvalue weighted by Crippen LogP contribution is 2.38.